The first-order chi connectivity index (χ1) is 24.6. The van der Waals surface area contributed by atoms with E-state index in [-0.39, 0.29) is 5.41 Å². The molecule has 0 bridgehead atoms. The van der Waals surface area contributed by atoms with Crippen molar-refractivity contribution in [1.82, 2.24) is 9.97 Å². The van der Waals surface area contributed by atoms with Gasteiger partial charge < -0.3 is 0 Å². The summed E-state index contributed by atoms with van der Waals surface area (Å²) in [4.78, 5) is 9.81. The van der Waals surface area contributed by atoms with Gasteiger partial charge in [-0.05, 0) is 101 Å². The van der Waals surface area contributed by atoms with Crippen molar-refractivity contribution in [3.05, 3.63) is 120 Å². The van der Waals surface area contributed by atoms with E-state index in [2.05, 4.69) is 130 Å². The van der Waals surface area contributed by atoms with Gasteiger partial charge in [0.25, 0.3) is 0 Å². The maximum absolute atomic E-state index is 5.14. The van der Waals surface area contributed by atoms with Gasteiger partial charge in [0.2, 0.25) is 0 Å². The number of hydrogen-bond donors (Lipinski definition) is 0. The minimum atomic E-state index is -0.0468. The molecule has 0 N–H and O–H groups in total. The van der Waals surface area contributed by atoms with Gasteiger partial charge in [-0.2, -0.15) is 0 Å². The van der Waals surface area contributed by atoms with Crippen LogP contribution in [0.4, 0.5) is 0 Å². The Labute approximate surface area is 304 Å². The predicted octanol–water partition coefficient (Wildman–Crippen LogP) is 14.2. The summed E-state index contributed by atoms with van der Waals surface area (Å²) < 4.78 is 1.26. The van der Waals surface area contributed by atoms with Crippen LogP contribution < -0.4 is 0 Å². The number of nitrogens with zero attached hydrogens (tertiary/aromatic N) is 2. The molecule has 6 aromatic rings. The fraction of sp³-hybridized carbons (Fsp3) is 0.362. The third kappa shape index (κ3) is 6.82. The Morgan fingerprint density at radius 2 is 1.22 bits per heavy atom. The molecule has 0 saturated carbocycles. The summed E-state index contributed by atoms with van der Waals surface area (Å²) in [6.07, 6.45) is 14.4. The van der Waals surface area contributed by atoms with Crippen LogP contribution in [0.3, 0.4) is 0 Å². The standard InChI is InChI=1S/C47H52N2S/c1-5-9-16-33(7-3)31-47(32-34(8-4)17-10-6-2)41-29-36(35-18-15-19-37(28-35)43-20-13-14-27-48-43)23-25-39(41)40-26-24-38(30-42(40)47)46-49-44-21-11-12-22-45(44)50-46/h11-15,18-30,33-34H,5-10,16-17,31-32H2,1-4H3. The smallest absolute Gasteiger partial charge is 0.124 e. The second kappa shape index (κ2) is 15.4. The molecule has 0 aliphatic heterocycles. The molecule has 2 atom stereocenters. The number of pyridine rings is 1. The van der Waals surface area contributed by atoms with Crippen molar-refractivity contribution >= 4 is 21.6 Å². The number of benzene rings is 4. The van der Waals surface area contributed by atoms with Gasteiger partial charge in [-0.15, -0.1) is 11.3 Å². The molecule has 1 aliphatic rings. The van der Waals surface area contributed by atoms with Gasteiger partial charge in [0.1, 0.15) is 5.01 Å². The van der Waals surface area contributed by atoms with E-state index in [4.69, 9.17) is 4.98 Å². The number of fused-ring (bicyclic) bond motifs is 4. The maximum Gasteiger partial charge on any atom is 0.124 e. The van der Waals surface area contributed by atoms with E-state index in [1.165, 1.54) is 102 Å². The molecule has 50 heavy (non-hydrogen) atoms. The van der Waals surface area contributed by atoms with Gasteiger partial charge in [0, 0.05) is 22.7 Å². The van der Waals surface area contributed by atoms with Gasteiger partial charge in [0.05, 0.1) is 15.9 Å². The molecule has 0 saturated heterocycles. The summed E-state index contributed by atoms with van der Waals surface area (Å²) in [5.74, 6) is 1.36. The summed E-state index contributed by atoms with van der Waals surface area (Å²) in [5, 5.41) is 1.13. The van der Waals surface area contributed by atoms with Gasteiger partial charge in [-0.3, -0.25) is 4.98 Å². The zero-order chi connectivity index (χ0) is 34.5. The molecule has 0 amide bonds. The Balaban J connectivity index is 1.41. The average molecular weight is 677 g/mol. The molecular formula is C47H52N2S. The van der Waals surface area contributed by atoms with Crippen LogP contribution in [0.5, 0.6) is 0 Å². The van der Waals surface area contributed by atoms with Crippen LogP contribution in [-0.2, 0) is 5.41 Å². The first-order valence-electron chi connectivity index (χ1n) is 19.2. The number of thiazole rings is 1. The van der Waals surface area contributed by atoms with Gasteiger partial charge in [-0.25, -0.2) is 4.98 Å². The van der Waals surface area contributed by atoms with E-state index in [1.807, 2.05) is 23.6 Å². The third-order valence-corrected chi connectivity index (χ3v) is 12.5. The molecule has 3 heteroatoms. The van der Waals surface area contributed by atoms with Crippen molar-refractivity contribution < 1.29 is 0 Å². The predicted molar refractivity (Wildman–Crippen MR) is 216 cm³/mol. The summed E-state index contributed by atoms with van der Waals surface area (Å²) >= 11 is 1.82. The second-order valence-corrected chi connectivity index (χ2v) is 15.7. The molecule has 2 nitrogen and oxygen atoms in total. The monoisotopic (exact) mass is 676 g/mol. The zero-order valence-corrected chi connectivity index (χ0v) is 31.2. The first-order valence-corrected chi connectivity index (χ1v) is 20.1. The van der Waals surface area contributed by atoms with Gasteiger partial charge in [0.15, 0.2) is 0 Å². The van der Waals surface area contributed by atoms with E-state index in [0.717, 1.165) is 21.8 Å². The van der Waals surface area contributed by atoms with Gasteiger partial charge >= 0.3 is 0 Å². The molecule has 0 radical (unpaired) electrons. The normalized spacial score (nSPS) is 16.3. The summed E-state index contributed by atoms with van der Waals surface area (Å²) in [7, 11) is 0. The molecule has 4 aromatic carbocycles. The molecule has 2 heterocycles. The van der Waals surface area contributed by atoms with Crippen LogP contribution in [-0.4, -0.2) is 9.97 Å². The van der Waals surface area contributed by atoms with Crippen LogP contribution in [0.25, 0.3) is 54.3 Å². The molecule has 256 valence electrons. The quantitative estimate of drug-likeness (QED) is 0.108. The van der Waals surface area contributed by atoms with E-state index < -0.39 is 0 Å². The second-order valence-electron chi connectivity index (χ2n) is 14.6. The number of para-hydroxylation sites is 1. The fourth-order valence-electron chi connectivity index (χ4n) is 8.59. The van der Waals surface area contributed by atoms with Crippen LogP contribution in [0.15, 0.2) is 109 Å². The van der Waals surface area contributed by atoms with Crippen molar-refractivity contribution in [3.63, 3.8) is 0 Å². The van der Waals surface area contributed by atoms with Crippen LogP contribution in [0.1, 0.15) is 103 Å². The lowest BCUT2D eigenvalue weighted by molar-refractivity contribution is 0.266. The number of hydrogen-bond acceptors (Lipinski definition) is 3. The first kappa shape index (κ1) is 34.4. The Morgan fingerprint density at radius 3 is 1.86 bits per heavy atom. The van der Waals surface area contributed by atoms with E-state index in [0.29, 0.717) is 11.8 Å². The maximum atomic E-state index is 5.14. The molecule has 1 aliphatic carbocycles. The summed E-state index contributed by atoms with van der Waals surface area (Å²) in [6, 6.07) is 38.4. The minimum Gasteiger partial charge on any atom is -0.256 e. The fourth-order valence-corrected chi connectivity index (χ4v) is 9.55. The van der Waals surface area contributed by atoms with Gasteiger partial charge in [-0.1, -0.05) is 140 Å². The van der Waals surface area contributed by atoms with Crippen molar-refractivity contribution in [1.29, 1.82) is 0 Å². The molecule has 0 fully saturated rings. The SMILES string of the molecule is CCCCC(CC)CC1(CC(CC)CCCC)c2cc(-c3cccc(-c4ccccn4)c3)ccc2-c2ccc(-c3nc4ccccc4s3)cc21. The number of unbranched alkanes of at least 4 members (excludes halogenated alkanes) is 2. The van der Waals surface area contributed by atoms with Crippen molar-refractivity contribution in [2.24, 2.45) is 11.8 Å². The highest BCUT2D eigenvalue weighted by atomic mass is 32.1. The number of rotatable bonds is 15. The van der Waals surface area contributed by atoms with Crippen molar-refractivity contribution in [2.45, 2.75) is 97.3 Å². The molecule has 7 rings (SSSR count). The van der Waals surface area contributed by atoms with Crippen LogP contribution in [0.2, 0.25) is 0 Å². The highest BCUT2D eigenvalue weighted by Crippen LogP contribution is 2.57. The van der Waals surface area contributed by atoms with Crippen molar-refractivity contribution in [3.8, 4) is 44.1 Å². The topological polar surface area (TPSA) is 25.8 Å². The molecule has 2 aromatic heterocycles. The van der Waals surface area contributed by atoms with Crippen LogP contribution >= 0.6 is 11.3 Å². The highest BCUT2D eigenvalue weighted by Gasteiger charge is 2.45. The minimum absolute atomic E-state index is 0.0468. The Hall–Kier alpha value is -4.08. The Bertz CT molecular complexity index is 1990. The zero-order valence-electron chi connectivity index (χ0n) is 30.4. The Kier molecular flexibility index (Phi) is 10.6. The van der Waals surface area contributed by atoms with Crippen LogP contribution in [0, 0.1) is 11.8 Å². The van der Waals surface area contributed by atoms with E-state index in [9.17, 15) is 0 Å². The summed E-state index contributed by atoms with van der Waals surface area (Å²) in [6.45, 7) is 9.54. The van der Waals surface area contributed by atoms with E-state index in [1.54, 1.807) is 5.56 Å². The third-order valence-electron chi connectivity index (χ3n) is 11.4. The Morgan fingerprint density at radius 1 is 0.600 bits per heavy atom. The molecule has 2 unspecified atom stereocenters. The average Bonchev–Trinajstić information content (AvgIpc) is 3.72. The van der Waals surface area contributed by atoms with E-state index >= 15 is 0 Å². The molecule has 0 spiro atoms. The van der Waals surface area contributed by atoms with Crippen molar-refractivity contribution in [2.75, 3.05) is 0 Å². The largest absolute Gasteiger partial charge is 0.256 e. The lowest BCUT2D eigenvalue weighted by atomic mass is 9.65. The lowest BCUT2D eigenvalue weighted by Gasteiger charge is -2.39. The highest BCUT2D eigenvalue weighted by molar-refractivity contribution is 7.21. The molecular weight excluding hydrogens is 625 g/mol. The lowest BCUT2D eigenvalue weighted by Crippen LogP contribution is -2.31. The summed E-state index contributed by atoms with van der Waals surface area (Å²) in [5.41, 5.74) is 13.0. The number of aromatic nitrogens is 2.